The van der Waals surface area contributed by atoms with Gasteiger partial charge < -0.3 is 15.2 Å². The highest BCUT2D eigenvalue weighted by Crippen LogP contribution is 2.32. The first-order valence-corrected chi connectivity index (χ1v) is 6.89. The van der Waals surface area contributed by atoms with E-state index in [9.17, 15) is 9.90 Å². The van der Waals surface area contributed by atoms with Gasteiger partial charge >= 0.3 is 0 Å². The fraction of sp³-hybridized carbons (Fsp3) is 0.533. The van der Waals surface area contributed by atoms with Gasteiger partial charge in [0.1, 0.15) is 5.75 Å². The number of benzene rings is 1. The summed E-state index contributed by atoms with van der Waals surface area (Å²) >= 11 is 0. The summed E-state index contributed by atoms with van der Waals surface area (Å²) in [5, 5.41) is 12.7. The van der Waals surface area contributed by atoms with Crippen molar-refractivity contribution in [3.8, 4) is 5.75 Å². The van der Waals surface area contributed by atoms with E-state index in [4.69, 9.17) is 4.74 Å². The van der Waals surface area contributed by atoms with Crippen molar-refractivity contribution in [3.63, 3.8) is 0 Å². The van der Waals surface area contributed by atoms with Crippen LogP contribution in [0.15, 0.2) is 24.3 Å². The van der Waals surface area contributed by atoms with Gasteiger partial charge in [0.05, 0.1) is 25.4 Å². The van der Waals surface area contributed by atoms with Gasteiger partial charge in [0.25, 0.3) is 0 Å². The van der Waals surface area contributed by atoms with Gasteiger partial charge in [-0.15, -0.1) is 0 Å². The minimum absolute atomic E-state index is 0.111. The number of anilines is 1. The molecule has 110 valence electrons. The number of likely N-dealkylation sites (N-methyl/N-ethyl adjacent to an activating group) is 1. The Kier molecular flexibility index (Phi) is 4.98. The van der Waals surface area contributed by atoms with Crippen molar-refractivity contribution in [1.82, 2.24) is 4.90 Å². The van der Waals surface area contributed by atoms with Crippen LogP contribution < -0.4 is 10.1 Å². The lowest BCUT2D eigenvalue weighted by molar-refractivity contribution is -0.117. The van der Waals surface area contributed by atoms with Gasteiger partial charge in [-0.05, 0) is 37.9 Å². The van der Waals surface area contributed by atoms with Gasteiger partial charge in [0.2, 0.25) is 5.91 Å². The summed E-state index contributed by atoms with van der Waals surface area (Å²) in [5.74, 6) is 0.955. The molecule has 1 atom stereocenters. The van der Waals surface area contributed by atoms with Crippen LogP contribution in [0.4, 0.5) is 5.69 Å². The number of methoxy groups -OCH3 is 1. The Morgan fingerprint density at radius 2 is 2.20 bits per heavy atom. The second kappa shape index (κ2) is 6.72. The van der Waals surface area contributed by atoms with Crippen LogP contribution in [-0.2, 0) is 4.79 Å². The number of ether oxygens (including phenoxy) is 1. The number of para-hydroxylation sites is 2. The first-order chi connectivity index (χ1) is 9.60. The molecule has 0 saturated heterocycles. The number of aliphatic hydroxyl groups excluding tert-OH is 1. The van der Waals surface area contributed by atoms with Gasteiger partial charge in [0.15, 0.2) is 0 Å². The number of hydrogen-bond donors (Lipinski definition) is 2. The molecule has 1 aliphatic rings. The van der Waals surface area contributed by atoms with E-state index < -0.39 is 0 Å². The number of hydrogen-bond acceptors (Lipinski definition) is 4. The maximum Gasteiger partial charge on any atom is 0.238 e. The number of carbonyl (C=O) groups is 1. The van der Waals surface area contributed by atoms with Crippen LogP contribution in [0.5, 0.6) is 5.75 Å². The lowest BCUT2D eigenvalue weighted by Gasteiger charge is -2.20. The predicted molar refractivity (Wildman–Crippen MR) is 77.9 cm³/mol. The molecule has 0 bridgehead atoms. The molecule has 0 radical (unpaired) electrons. The fourth-order valence-corrected chi connectivity index (χ4v) is 2.20. The Morgan fingerprint density at radius 3 is 2.85 bits per heavy atom. The smallest absolute Gasteiger partial charge is 0.238 e. The molecule has 20 heavy (non-hydrogen) atoms. The maximum absolute atomic E-state index is 12.0. The summed E-state index contributed by atoms with van der Waals surface area (Å²) in [6.07, 6.45) is 1.88. The average molecular weight is 278 g/mol. The third-order valence-corrected chi connectivity index (χ3v) is 3.46. The molecule has 1 aromatic rings. The number of amides is 1. The van der Waals surface area contributed by atoms with Crippen molar-refractivity contribution < 1.29 is 14.6 Å². The molecule has 1 aliphatic carbocycles. The Balaban J connectivity index is 1.82. The summed E-state index contributed by atoms with van der Waals surface area (Å²) in [6, 6.07) is 7.30. The van der Waals surface area contributed by atoms with E-state index in [1.54, 1.807) is 19.2 Å². The zero-order valence-corrected chi connectivity index (χ0v) is 12.0. The second-order valence-corrected chi connectivity index (χ2v) is 5.35. The van der Waals surface area contributed by atoms with Crippen molar-refractivity contribution >= 4 is 11.6 Å². The SMILES string of the molecule is COc1ccccc1NC(=O)CN(C)CC(O)C1CC1. The lowest BCUT2D eigenvalue weighted by Crippen LogP contribution is -2.36. The van der Waals surface area contributed by atoms with E-state index in [0.29, 0.717) is 23.9 Å². The van der Waals surface area contributed by atoms with E-state index in [1.165, 1.54) is 0 Å². The summed E-state index contributed by atoms with van der Waals surface area (Å²) < 4.78 is 5.19. The number of rotatable bonds is 7. The summed E-state index contributed by atoms with van der Waals surface area (Å²) in [6.45, 7) is 0.784. The molecule has 2 N–H and O–H groups in total. The highest BCUT2D eigenvalue weighted by atomic mass is 16.5. The largest absolute Gasteiger partial charge is 0.495 e. The molecular formula is C15H22N2O3. The highest BCUT2D eigenvalue weighted by Gasteiger charge is 2.30. The van der Waals surface area contributed by atoms with Gasteiger partial charge in [-0.25, -0.2) is 0 Å². The quantitative estimate of drug-likeness (QED) is 0.790. The van der Waals surface area contributed by atoms with E-state index in [0.717, 1.165) is 12.8 Å². The first kappa shape index (κ1) is 14.8. The molecule has 0 aromatic heterocycles. The number of carbonyl (C=O) groups excluding carboxylic acids is 1. The van der Waals surface area contributed by atoms with Gasteiger partial charge in [-0.3, -0.25) is 9.69 Å². The summed E-state index contributed by atoms with van der Waals surface area (Å²) in [5.41, 5.74) is 0.663. The first-order valence-electron chi connectivity index (χ1n) is 6.89. The van der Waals surface area contributed by atoms with Gasteiger partial charge in [0, 0.05) is 6.54 Å². The molecule has 1 amide bonds. The molecule has 1 saturated carbocycles. The molecule has 1 aromatic carbocycles. The van der Waals surface area contributed by atoms with E-state index in [1.807, 2.05) is 24.1 Å². The van der Waals surface area contributed by atoms with Crippen LogP contribution in [0, 0.1) is 5.92 Å². The highest BCUT2D eigenvalue weighted by molar-refractivity contribution is 5.93. The minimum atomic E-state index is -0.320. The zero-order chi connectivity index (χ0) is 14.5. The molecule has 0 aliphatic heterocycles. The lowest BCUT2D eigenvalue weighted by atomic mass is 10.2. The molecule has 1 fully saturated rings. The Hall–Kier alpha value is -1.59. The number of aliphatic hydroxyl groups is 1. The molecule has 1 unspecified atom stereocenters. The summed E-state index contributed by atoms with van der Waals surface area (Å²) in [7, 11) is 3.41. The van der Waals surface area contributed by atoms with Crippen molar-refractivity contribution in [2.45, 2.75) is 18.9 Å². The minimum Gasteiger partial charge on any atom is -0.495 e. The van der Waals surface area contributed by atoms with Crippen LogP contribution in [0.2, 0.25) is 0 Å². The predicted octanol–water partition coefficient (Wildman–Crippen LogP) is 1.34. The number of nitrogens with zero attached hydrogens (tertiary/aromatic N) is 1. The van der Waals surface area contributed by atoms with Crippen LogP contribution >= 0.6 is 0 Å². The molecule has 2 rings (SSSR count). The van der Waals surface area contributed by atoms with Gasteiger partial charge in [-0.2, -0.15) is 0 Å². The van der Waals surface area contributed by atoms with Crippen LogP contribution in [0.1, 0.15) is 12.8 Å². The molecule has 5 heteroatoms. The second-order valence-electron chi connectivity index (χ2n) is 5.35. The van der Waals surface area contributed by atoms with E-state index in [-0.39, 0.29) is 18.6 Å². The third kappa shape index (κ3) is 4.21. The Morgan fingerprint density at radius 1 is 1.50 bits per heavy atom. The molecule has 0 heterocycles. The van der Waals surface area contributed by atoms with E-state index in [2.05, 4.69) is 5.32 Å². The Labute approximate surface area is 119 Å². The summed E-state index contributed by atoms with van der Waals surface area (Å²) in [4.78, 5) is 13.8. The third-order valence-electron chi connectivity index (χ3n) is 3.46. The standard InChI is InChI=1S/C15H22N2O3/c1-17(9-13(18)11-7-8-11)10-15(19)16-12-5-3-4-6-14(12)20-2/h3-6,11,13,18H,7-10H2,1-2H3,(H,16,19). The normalized spacial score (nSPS) is 16.0. The maximum atomic E-state index is 12.0. The van der Waals surface area contributed by atoms with Crippen molar-refractivity contribution in [3.05, 3.63) is 24.3 Å². The zero-order valence-electron chi connectivity index (χ0n) is 12.0. The molecule has 0 spiro atoms. The molecular weight excluding hydrogens is 256 g/mol. The van der Waals surface area contributed by atoms with Crippen molar-refractivity contribution in [2.75, 3.05) is 32.6 Å². The van der Waals surface area contributed by atoms with Crippen LogP contribution in [-0.4, -0.2) is 49.3 Å². The van der Waals surface area contributed by atoms with Crippen molar-refractivity contribution in [1.29, 1.82) is 0 Å². The Bertz CT molecular complexity index is 460. The van der Waals surface area contributed by atoms with Gasteiger partial charge in [-0.1, -0.05) is 12.1 Å². The molecule has 5 nitrogen and oxygen atoms in total. The van der Waals surface area contributed by atoms with Crippen LogP contribution in [0.3, 0.4) is 0 Å². The average Bonchev–Trinajstić information content (AvgIpc) is 3.23. The number of nitrogens with one attached hydrogen (secondary N) is 1. The van der Waals surface area contributed by atoms with E-state index >= 15 is 0 Å². The topological polar surface area (TPSA) is 61.8 Å². The van der Waals surface area contributed by atoms with Crippen molar-refractivity contribution in [2.24, 2.45) is 5.92 Å². The monoisotopic (exact) mass is 278 g/mol. The fourth-order valence-electron chi connectivity index (χ4n) is 2.20. The van der Waals surface area contributed by atoms with Crippen LogP contribution in [0.25, 0.3) is 0 Å².